The third-order valence-corrected chi connectivity index (χ3v) is 10.6. The van der Waals surface area contributed by atoms with Gasteiger partial charge in [-0.2, -0.15) is 0 Å². The largest absolute Gasteiger partial charge is 0.0639 e. The summed E-state index contributed by atoms with van der Waals surface area (Å²) in [6, 6.07) is 44.5. The van der Waals surface area contributed by atoms with Crippen LogP contribution in [0.3, 0.4) is 0 Å². The highest BCUT2D eigenvalue weighted by Gasteiger charge is 2.55. The van der Waals surface area contributed by atoms with Crippen molar-refractivity contribution in [3.05, 3.63) is 171 Å². The van der Waals surface area contributed by atoms with Gasteiger partial charge < -0.3 is 0 Å². The van der Waals surface area contributed by atoms with Gasteiger partial charge in [-0.25, -0.2) is 0 Å². The second kappa shape index (κ2) is 10.4. The summed E-state index contributed by atoms with van der Waals surface area (Å²) in [5.41, 5.74) is 16.5. The van der Waals surface area contributed by atoms with Crippen molar-refractivity contribution in [1.82, 2.24) is 0 Å². The van der Waals surface area contributed by atoms with Crippen molar-refractivity contribution in [2.45, 2.75) is 83.5 Å². The molecule has 0 nitrogen and oxygen atoms in total. The van der Waals surface area contributed by atoms with Crippen LogP contribution in [-0.2, 0) is 16.2 Å². The van der Waals surface area contributed by atoms with Gasteiger partial charge in [0.15, 0.2) is 0 Å². The molecule has 0 aromatic heterocycles. The van der Waals surface area contributed by atoms with Gasteiger partial charge in [-0.15, -0.1) is 0 Å². The number of hydrogen-bond acceptors (Lipinski definition) is 0. The monoisotopic (exact) mass is 586 g/mol. The summed E-state index contributed by atoms with van der Waals surface area (Å²) in [4.78, 5) is 0. The summed E-state index contributed by atoms with van der Waals surface area (Å²) >= 11 is 0. The summed E-state index contributed by atoms with van der Waals surface area (Å²) < 4.78 is 0. The smallest absolute Gasteiger partial charge is 0.0418 e. The van der Waals surface area contributed by atoms with Crippen LogP contribution in [0, 0.1) is 6.92 Å². The van der Waals surface area contributed by atoms with Crippen LogP contribution in [0.2, 0.25) is 0 Å². The zero-order valence-corrected chi connectivity index (χ0v) is 28.2. The Labute approximate surface area is 270 Å². The van der Waals surface area contributed by atoms with Gasteiger partial charge in [0, 0.05) is 17.3 Å². The van der Waals surface area contributed by atoms with Gasteiger partial charge in [0.25, 0.3) is 0 Å². The highest BCUT2D eigenvalue weighted by molar-refractivity contribution is 5.83. The summed E-state index contributed by atoms with van der Waals surface area (Å²) in [5.74, 6) is 0.273. The van der Waals surface area contributed by atoms with Crippen LogP contribution in [0.15, 0.2) is 121 Å². The minimum Gasteiger partial charge on any atom is -0.0639 e. The number of hydrogen-bond donors (Lipinski definition) is 0. The lowest BCUT2D eigenvalue weighted by Crippen LogP contribution is -2.41. The van der Waals surface area contributed by atoms with Crippen molar-refractivity contribution in [2.75, 3.05) is 0 Å². The highest BCUT2D eigenvalue weighted by atomic mass is 14.6. The average Bonchev–Trinajstić information content (AvgIpc) is 3.53. The van der Waals surface area contributed by atoms with Crippen LogP contribution < -0.4 is 0 Å². The van der Waals surface area contributed by atoms with Gasteiger partial charge in [0.1, 0.15) is 0 Å². The van der Waals surface area contributed by atoms with E-state index in [2.05, 4.69) is 177 Å². The second-order valence-electron chi connectivity index (χ2n) is 15.5. The van der Waals surface area contributed by atoms with Crippen LogP contribution >= 0.6 is 0 Å². The predicted octanol–water partition coefficient (Wildman–Crippen LogP) is 11.9. The molecule has 2 aliphatic rings. The fourth-order valence-corrected chi connectivity index (χ4v) is 8.48. The molecule has 0 heteroatoms. The van der Waals surface area contributed by atoms with E-state index < -0.39 is 5.41 Å². The normalized spacial score (nSPS) is 16.3. The third-order valence-electron chi connectivity index (χ3n) is 10.6. The zero-order chi connectivity index (χ0) is 31.7. The lowest BCUT2D eigenvalue weighted by molar-refractivity contribution is 0.403. The van der Waals surface area contributed by atoms with E-state index in [9.17, 15) is 0 Å². The summed E-state index contributed by atoms with van der Waals surface area (Å²) in [7, 11) is 0. The Balaban J connectivity index is 1.68. The number of fused-ring (bicyclic) bond motifs is 4. The first kappa shape index (κ1) is 29.5. The molecule has 5 aromatic rings. The Morgan fingerprint density at radius 2 is 0.956 bits per heavy atom. The maximum Gasteiger partial charge on any atom is 0.0418 e. The molecule has 0 spiro atoms. The lowest BCUT2D eigenvalue weighted by atomic mass is 9.53. The summed E-state index contributed by atoms with van der Waals surface area (Å²) in [6.07, 6.45) is 2.46. The zero-order valence-electron chi connectivity index (χ0n) is 28.2. The molecule has 1 unspecified atom stereocenters. The Morgan fingerprint density at radius 1 is 0.467 bits per heavy atom. The van der Waals surface area contributed by atoms with Crippen molar-refractivity contribution >= 4 is 6.08 Å². The molecule has 0 heterocycles. The van der Waals surface area contributed by atoms with E-state index in [1.54, 1.807) is 0 Å². The van der Waals surface area contributed by atoms with Crippen molar-refractivity contribution < 1.29 is 0 Å². The Morgan fingerprint density at radius 3 is 1.42 bits per heavy atom. The first-order valence-corrected chi connectivity index (χ1v) is 16.6. The van der Waals surface area contributed by atoms with Gasteiger partial charge in [0.2, 0.25) is 0 Å². The number of rotatable bonds is 4. The van der Waals surface area contributed by atoms with E-state index in [1.165, 1.54) is 66.8 Å². The van der Waals surface area contributed by atoms with Crippen LogP contribution in [0.5, 0.6) is 0 Å². The molecule has 0 N–H and O–H groups in total. The maximum absolute atomic E-state index is 2.56. The van der Waals surface area contributed by atoms with Gasteiger partial charge in [-0.3, -0.25) is 0 Å². The summed E-state index contributed by atoms with van der Waals surface area (Å²) in [5, 5.41) is 0. The average molecular weight is 587 g/mol. The molecule has 7 rings (SSSR count). The fourth-order valence-electron chi connectivity index (χ4n) is 8.48. The predicted molar refractivity (Wildman–Crippen MR) is 192 cm³/mol. The number of allylic oxidation sites excluding steroid dienone is 1. The summed E-state index contributed by atoms with van der Waals surface area (Å²) in [6.45, 7) is 18.7. The van der Waals surface area contributed by atoms with E-state index in [0.29, 0.717) is 0 Å². The molecule has 226 valence electrons. The molecule has 2 aliphatic carbocycles. The van der Waals surface area contributed by atoms with Crippen molar-refractivity contribution in [2.24, 2.45) is 0 Å². The van der Waals surface area contributed by atoms with Crippen LogP contribution in [0.4, 0.5) is 0 Å². The molecule has 0 fully saturated rings. The molecule has 0 saturated carbocycles. The van der Waals surface area contributed by atoms with Crippen LogP contribution in [-0.4, -0.2) is 0 Å². The van der Waals surface area contributed by atoms with Crippen LogP contribution in [0.1, 0.15) is 110 Å². The molecule has 5 aromatic carbocycles. The van der Waals surface area contributed by atoms with Gasteiger partial charge in [0.05, 0.1) is 0 Å². The molecule has 0 bridgehead atoms. The van der Waals surface area contributed by atoms with Gasteiger partial charge in [-0.1, -0.05) is 168 Å². The van der Waals surface area contributed by atoms with Crippen molar-refractivity contribution in [3.8, 4) is 11.1 Å². The second-order valence-corrected chi connectivity index (χ2v) is 15.5. The van der Waals surface area contributed by atoms with Crippen molar-refractivity contribution in [3.63, 3.8) is 0 Å². The first-order valence-electron chi connectivity index (χ1n) is 16.6. The molecule has 45 heavy (non-hydrogen) atoms. The Kier molecular flexibility index (Phi) is 6.86. The maximum atomic E-state index is 2.56. The van der Waals surface area contributed by atoms with Crippen molar-refractivity contribution in [1.29, 1.82) is 0 Å². The standard InChI is InChI=1S/C45H46/c1-29-16-15-17-31-26-30(2)41(40(29)31)45(32-18-11-9-12-19-32,33-20-13-10-14-21-33)42-38-27-34(43(3,4)5)22-24-36(38)37-25-23-35(28-39(37)42)44(6,7)8/h9-28,41-42H,1-8H3. The van der Waals surface area contributed by atoms with E-state index in [4.69, 9.17) is 0 Å². The van der Waals surface area contributed by atoms with E-state index in [0.717, 1.165) is 0 Å². The quantitative estimate of drug-likeness (QED) is 0.196. The van der Waals surface area contributed by atoms with E-state index in [-0.39, 0.29) is 22.7 Å². The third kappa shape index (κ3) is 4.56. The molecule has 0 amide bonds. The molecule has 0 saturated heterocycles. The Bertz CT molecular complexity index is 1820. The molecule has 1 atom stereocenters. The number of benzene rings is 5. The Hall–Kier alpha value is -4.16. The topological polar surface area (TPSA) is 0 Å². The molecule has 0 aliphatic heterocycles. The SMILES string of the molecule is CC1=Cc2cccc(C)c2C1C(c1ccccc1)(c1ccccc1)C1c2cc(C(C)(C)C)ccc2-c2ccc(C(C)(C)C)cc21. The van der Waals surface area contributed by atoms with Gasteiger partial charge in [-0.05, 0) is 85.9 Å². The molecular formula is C45H46. The number of aryl methyl sites for hydroxylation is 1. The fraction of sp³-hybridized carbons (Fsp3) is 0.289. The molecule has 0 radical (unpaired) electrons. The minimum absolute atomic E-state index is 0.0411. The van der Waals surface area contributed by atoms with Crippen LogP contribution in [0.25, 0.3) is 17.2 Å². The minimum atomic E-state index is -0.395. The first-order chi connectivity index (χ1) is 21.4. The lowest BCUT2D eigenvalue weighted by Gasteiger charge is -2.48. The van der Waals surface area contributed by atoms with Gasteiger partial charge >= 0.3 is 0 Å². The van der Waals surface area contributed by atoms with E-state index in [1.807, 2.05) is 0 Å². The van der Waals surface area contributed by atoms with E-state index >= 15 is 0 Å². The molecular weight excluding hydrogens is 540 g/mol. The highest BCUT2D eigenvalue weighted by Crippen LogP contribution is 2.65.